The smallest absolute Gasteiger partial charge is 0.407 e. The number of phenols is 1. The van der Waals surface area contributed by atoms with Crippen LogP contribution in [0.2, 0.25) is 0 Å². The Balaban J connectivity index is 1.45. The summed E-state index contributed by atoms with van der Waals surface area (Å²) in [5.41, 5.74) is -1.85. The minimum absolute atomic E-state index is 0.0367. The predicted octanol–water partition coefficient (Wildman–Crippen LogP) is 8.50. The number of unbranched alkanes of at least 4 members (excludes halogenated alkanes) is 10. The maximum atomic E-state index is 13.4. The van der Waals surface area contributed by atoms with E-state index in [4.69, 9.17) is 28.4 Å². The maximum Gasteiger partial charge on any atom is 0.407 e. The lowest BCUT2D eigenvalue weighted by molar-refractivity contribution is -0.123. The number of benzene rings is 3. The zero-order chi connectivity index (χ0) is 79.4. The molecule has 13 N–H and O–H groups in total. The molecular weight excluding hydrogens is 1380 g/mol. The lowest BCUT2D eigenvalue weighted by atomic mass is 10.1. The maximum absolute atomic E-state index is 13.4. The van der Waals surface area contributed by atoms with E-state index >= 15 is 0 Å². The van der Waals surface area contributed by atoms with Crippen molar-refractivity contribution < 1.29 is 91.1 Å². The van der Waals surface area contributed by atoms with Gasteiger partial charge in [0.05, 0.1) is 0 Å². The van der Waals surface area contributed by atoms with Gasteiger partial charge in [0, 0.05) is 112 Å². The third-order valence-corrected chi connectivity index (χ3v) is 14.7. The van der Waals surface area contributed by atoms with E-state index in [1.54, 1.807) is 83.1 Å². The van der Waals surface area contributed by atoms with Gasteiger partial charge in [-0.1, -0.05) is 0 Å². The number of carbonyl (C=O) groups excluding carboxylic acids is 12. The van der Waals surface area contributed by atoms with E-state index < -0.39 is 107 Å². The van der Waals surface area contributed by atoms with Crippen LogP contribution in [0.15, 0.2) is 54.6 Å². The molecule has 0 atom stereocenters. The summed E-state index contributed by atoms with van der Waals surface area (Å²) in [4.78, 5) is 154. The van der Waals surface area contributed by atoms with Crippen LogP contribution in [0, 0.1) is 0 Å². The Morgan fingerprint density at radius 2 is 0.430 bits per heavy atom. The van der Waals surface area contributed by atoms with Crippen LogP contribution in [0.3, 0.4) is 0 Å². The molecular formula is C76H118N12O19. The fourth-order valence-electron chi connectivity index (χ4n) is 9.67. The summed E-state index contributed by atoms with van der Waals surface area (Å²) in [5, 5.41) is 43.7. The van der Waals surface area contributed by atoms with Crippen LogP contribution >= 0.6 is 0 Å². The highest BCUT2D eigenvalue weighted by Crippen LogP contribution is 2.22. The number of hydrogen-bond acceptors (Lipinski definition) is 19. The largest absolute Gasteiger partial charge is 0.508 e. The van der Waals surface area contributed by atoms with Gasteiger partial charge in [-0.15, -0.1) is 0 Å². The Morgan fingerprint density at radius 3 is 0.636 bits per heavy atom. The van der Waals surface area contributed by atoms with Gasteiger partial charge in [-0.05, 0) is 240 Å². The van der Waals surface area contributed by atoms with Crippen LogP contribution < -0.4 is 73.3 Å². The molecule has 0 aliphatic heterocycles. The zero-order valence-electron chi connectivity index (χ0n) is 64.7. The summed E-state index contributed by atoms with van der Waals surface area (Å²) in [6, 6.07) is 12.4. The van der Waals surface area contributed by atoms with Crippen molar-refractivity contribution in [2.45, 2.75) is 208 Å². The number of aromatic hydroxyl groups is 1. The van der Waals surface area contributed by atoms with Crippen LogP contribution in [0.1, 0.15) is 248 Å². The van der Waals surface area contributed by atoms with E-state index in [0.29, 0.717) is 155 Å². The second-order valence-electron chi connectivity index (χ2n) is 29.4. The van der Waals surface area contributed by atoms with Crippen molar-refractivity contribution in [1.29, 1.82) is 0 Å². The van der Waals surface area contributed by atoms with E-state index in [2.05, 4.69) is 63.8 Å². The molecule has 0 aromatic heterocycles. The molecule has 0 fully saturated rings. The lowest BCUT2D eigenvalue weighted by Crippen LogP contribution is -2.33. The average Bonchev–Trinajstić information content (AvgIpc) is 0.846. The third-order valence-electron chi connectivity index (χ3n) is 14.7. The lowest BCUT2D eigenvalue weighted by Gasteiger charge is -2.19. The van der Waals surface area contributed by atoms with Gasteiger partial charge in [0.2, 0.25) is 0 Å². The fourth-order valence-corrected chi connectivity index (χ4v) is 9.67. The molecule has 0 radical (unpaired) electrons. The molecule has 596 valence electrons. The van der Waals surface area contributed by atoms with Crippen molar-refractivity contribution in [2.24, 2.45) is 0 Å². The van der Waals surface area contributed by atoms with Crippen molar-refractivity contribution in [3.05, 3.63) is 88.0 Å². The summed E-state index contributed by atoms with van der Waals surface area (Å²) in [7, 11) is 0. The minimum Gasteiger partial charge on any atom is -0.508 e. The minimum atomic E-state index is -0.615. The quantitative estimate of drug-likeness (QED) is 0.0186. The molecule has 0 saturated heterocycles. The van der Waals surface area contributed by atoms with Crippen LogP contribution in [0.25, 0.3) is 0 Å². The summed E-state index contributed by atoms with van der Waals surface area (Å²) >= 11 is 0. The molecule has 107 heavy (non-hydrogen) atoms. The summed E-state index contributed by atoms with van der Waals surface area (Å²) in [6.07, 6.45) is 7.59. The number of carbonyl (C=O) groups is 12. The molecule has 0 bridgehead atoms. The third kappa shape index (κ3) is 44.5. The van der Waals surface area contributed by atoms with Crippen molar-refractivity contribution in [1.82, 2.24) is 63.8 Å². The highest BCUT2D eigenvalue weighted by molar-refractivity contribution is 6.02. The van der Waals surface area contributed by atoms with Gasteiger partial charge in [-0.2, -0.15) is 0 Å². The van der Waals surface area contributed by atoms with Gasteiger partial charge >= 0.3 is 24.4 Å². The van der Waals surface area contributed by atoms with Crippen molar-refractivity contribution in [3.63, 3.8) is 0 Å². The monoisotopic (exact) mass is 1500 g/mol. The van der Waals surface area contributed by atoms with Crippen LogP contribution in [0.5, 0.6) is 17.2 Å². The Bertz CT molecular complexity index is 3020. The molecule has 0 unspecified atom stereocenters. The van der Waals surface area contributed by atoms with Gasteiger partial charge in [0.1, 0.15) is 39.7 Å². The molecule has 0 aliphatic carbocycles. The first kappa shape index (κ1) is 91.1. The van der Waals surface area contributed by atoms with Crippen molar-refractivity contribution in [2.75, 3.05) is 91.8 Å². The van der Waals surface area contributed by atoms with E-state index in [0.717, 1.165) is 0 Å². The highest BCUT2D eigenvalue weighted by atomic mass is 16.6. The van der Waals surface area contributed by atoms with Gasteiger partial charge < -0.3 is 97.3 Å². The Hall–Kier alpha value is -10.1. The number of alkyl carbamates (subject to hydrolysis) is 4. The standard InChI is InChI=1S/C76H118N12O19/c1-73(2,3)104-69(98)85-37-21-13-17-31-79-65(94)54-42-55(66(95)80-32-18-14-22-38-86-70(99)105-74(4,5)6)47-59(46-54)102-50-61(90)77-29-25-27-35-83-63(92)52-41-53(45-58(89)44-52)64(93)84-36-28-26-30-78-62(91)51-103-60-48-56(67(96)81-33-19-15-23-39-87-71(100)106-75(7,8)9)43-57(49-60)68(97)82-34-20-16-24-40-88-72(101)107-76(10,11)12/h41-49,89H,13-40,50-51H2,1-12H3,(H,77,90)(H,78,91)(H,79,94)(H,80,95)(H,81,96)(H,82,97)(H,83,92)(H,84,93)(H,85,98)(H,86,99)(H,87,100)(H,88,101). The molecule has 31 nitrogen and oxygen atoms in total. The SMILES string of the molecule is CC(C)(C)OC(=O)NCCCCCNC(=O)c1cc(OCC(=O)NCCCCNC(=O)c2cc(O)cc(C(=O)NCCCCNC(=O)COc3cc(C(=O)NCCCCCNC(=O)OC(C)(C)C)cc(C(=O)NCCCCCNC(=O)OC(C)(C)C)c3)c2)cc(C(=O)NCCCCCNC(=O)OC(C)(C)C)c1. The highest BCUT2D eigenvalue weighted by Gasteiger charge is 2.22. The number of nitrogens with one attached hydrogen (secondary N) is 12. The molecule has 0 heterocycles. The Morgan fingerprint density at radius 1 is 0.252 bits per heavy atom. The first-order chi connectivity index (χ1) is 50.4. The molecule has 0 spiro atoms. The summed E-state index contributed by atoms with van der Waals surface area (Å²) in [6.45, 7) is 24.1. The van der Waals surface area contributed by atoms with Gasteiger partial charge in [-0.25, -0.2) is 19.2 Å². The van der Waals surface area contributed by atoms with Crippen LogP contribution in [0.4, 0.5) is 19.2 Å². The number of hydrogen-bond donors (Lipinski definition) is 13. The van der Waals surface area contributed by atoms with Gasteiger partial charge in [0.25, 0.3) is 47.3 Å². The number of amides is 12. The van der Waals surface area contributed by atoms with Gasteiger partial charge in [0.15, 0.2) is 13.2 Å². The molecule has 31 heteroatoms. The molecule has 3 aromatic rings. The number of phenolic OH excluding ortho intramolecular Hbond substituents is 1. The van der Waals surface area contributed by atoms with Crippen molar-refractivity contribution >= 4 is 71.6 Å². The summed E-state index contributed by atoms with van der Waals surface area (Å²) < 4.78 is 32.6. The molecule has 12 amide bonds. The molecule has 0 aliphatic rings. The number of ether oxygens (including phenoxy) is 6. The second kappa shape index (κ2) is 48.2. The first-order valence-electron chi connectivity index (χ1n) is 36.9. The average molecular weight is 1500 g/mol. The Labute approximate surface area is 629 Å². The van der Waals surface area contributed by atoms with E-state index in [-0.39, 0.29) is 76.8 Å². The van der Waals surface area contributed by atoms with E-state index in [1.807, 2.05) is 0 Å². The van der Waals surface area contributed by atoms with E-state index in [9.17, 15) is 62.6 Å². The summed E-state index contributed by atoms with van der Waals surface area (Å²) in [5.74, 6) is -4.03. The topological polar surface area (TPSA) is 425 Å². The van der Waals surface area contributed by atoms with E-state index in [1.165, 1.54) is 54.6 Å². The van der Waals surface area contributed by atoms with Gasteiger partial charge in [-0.3, -0.25) is 38.4 Å². The fraction of sp³-hybridized carbons (Fsp3) is 0.605. The second-order valence-corrected chi connectivity index (χ2v) is 29.4. The first-order valence-corrected chi connectivity index (χ1v) is 36.9. The Kier molecular flexibility index (Phi) is 41.0. The molecule has 0 saturated carbocycles. The van der Waals surface area contributed by atoms with Crippen LogP contribution in [-0.4, -0.2) is 191 Å². The number of rotatable bonds is 46. The van der Waals surface area contributed by atoms with Crippen molar-refractivity contribution in [3.8, 4) is 17.2 Å². The predicted molar refractivity (Wildman–Crippen MR) is 403 cm³/mol. The normalized spacial score (nSPS) is 11.3. The molecule has 3 rings (SSSR count). The zero-order valence-corrected chi connectivity index (χ0v) is 64.7. The molecule has 3 aromatic carbocycles. The van der Waals surface area contributed by atoms with Crippen LogP contribution in [-0.2, 0) is 28.5 Å².